The number of aromatic nitrogens is 2. The molecular weight excluding hydrogens is 414 g/mol. The fourth-order valence-corrected chi connectivity index (χ4v) is 3.63. The third-order valence-corrected chi connectivity index (χ3v) is 5.29. The van der Waals surface area contributed by atoms with Gasteiger partial charge in [0.1, 0.15) is 11.9 Å². The highest BCUT2D eigenvalue weighted by molar-refractivity contribution is 9.11. The molecule has 6 heteroatoms. The average Bonchev–Trinajstić information content (AvgIpc) is 3.11. The molecule has 2 aromatic heterocycles. The van der Waals surface area contributed by atoms with E-state index < -0.39 is 0 Å². The van der Waals surface area contributed by atoms with Crippen molar-refractivity contribution in [2.45, 2.75) is 6.04 Å². The monoisotopic (exact) mass is 425 g/mol. The Labute approximate surface area is 144 Å². The van der Waals surface area contributed by atoms with Crippen molar-refractivity contribution in [1.29, 1.82) is 0 Å². The van der Waals surface area contributed by atoms with E-state index in [4.69, 9.17) is 0 Å². The molecule has 0 spiro atoms. The van der Waals surface area contributed by atoms with Crippen LogP contribution < -0.4 is 5.32 Å². The number of rotatable bonds is 4. The fraction of sp³-hybridized carbons (Fsp3) is 0.133. The lowest BCUT2D eigenvalue weighted by Crippen LogP contribution is -2.16. The molecule has 0 aliphatic rings. The van der Waals surface area contributed by atoms with Crippen molar-refractivity contribution < 1.29 is 0 Å². The van der Waals surface area contributed by atoms with Gasteiger partial charge in [0.05, 0.1) is 5.69 Å². The van der Waals surface area contributed by atoms with E-state index in [1.807, 2.05) is 36.1 Å². The number of nitrogens with zero attached hydrogens (tertiary/aromatic N) is 2. The minimum absolute atomic E-state index is 0.0237. The van der Waals surface area contributed by atoms with E-state index in [0.29, 0.717) is 0 Å². The van der Waals surface area contributed by atoms with Gasteiger partial charge in [0.25, 0.3) is 0 Å². The van der Waals surface area contributed by atoms with Gasteiger partial charge in [-0.3, -0.25) is 0 Å². The molecule has 3 nitrogen and oxygen atoms in total. The van der Waals surface area contributed by atoms with E-state index in [2.05, 4.69) is 65.7 Å². The van der Waals surface area contributed by atoms with Crippen molar-refractivity contribution in [3.05, 3.63) is 67.8 Å². The van der Waals surface area contributed by atoms with E-state index in [1.54, 1.807) is 11.3 Å². The van der Waals surface area contributed by atoms with Gasteiger partial charge in [-0.05, 0) is 45.6 Å². The van der Waals surface area contributed by atoms with Crippen molar-refractivity contribution in [2.24, 2.45) is 7.05 Å². The van der Waals surface area contributed by atoms with Gasteiger partial charge in [-0.1, -0.05) is 22.0 Å². The second-order valence-corrected chi connectivity index (χ2v) is 7.36. The summed E-state index contributed by atoms with van der Waals surface area (Å²) < 4.78 is 4.11. The summed E-state index contributed by atoms with van der Waals surface area (Å²) in [7, 11) is 2.01. The topological polar surface area (TPSA) is 29.9 Å². The summed E-state index contributed by atoms with van der Waals surface area (Å²) in [5, 5.41) is 5.67. The van der Waals surface area contributed by atoms with Crippen LogP contribution in [0.2, 0.25) is 0 Å². The lowest BCUT2D eigenvalue weighted by atomic mass is 10.2. The molecule has 1 unspecified atom stereocenters. The standard InChI is InChI=1S/C15H13Br2N3S/c1-20-7-6-18-15(20)14(13-3-2-8-21-13)19-12-9-10(16)4-5-11(12)17/h2-9,14,19H,1H3. The van der Waals surface area contributed by atoms with Gasteiger partial charge in [0, 0.05) is 33.3 Å². The van der Waals surface area contributed by atoms with Crippen LogP contribution >= 0.6 is 43.2 Å². The van der Waals surface area contributed by atoms with Crippen LogP contribution in [0.4, 0.5) is 5.69 Å². The molecule has 0 saturated heterocycles. The Hall–Kier alpha value is -1.11. The van der Waals surface area contributed by atoms with Crippen molar-refractivity contribution in [3.63, 3.8) is 0 Å². The maximum Gasteiger partial charge on any atom is 0.136 e. The summed E-state index contributed by atoms with van der Waals surface area (Å²) in [5.74, 6) is 0.990. The third kappa shape index (κ3) is 3.22. The molecule has 0 amide bonds. The van der Waals surface area contributed by atoms with Gasteiger partial charge in [-0.2, -0.15) is 0 Å². The largest absolute Gasteiger partial charge is 0.370 e. The van der Waals surface area contributed by atoms with Gasteiger partial charge in [-0.15, -0.1) is 11.3 Å². The molecule has 0 radical (unpaired) electrons. The smallest absolute Gasteiger partial charge is 0.136 e. The van der Waals surface area contributed by atoms with E-state index in [-0.39, 0.29) is 6.04 Å². The van der Waals surface area contributed by atoms with Crippen molar-refractivity contribution in [1.82, 2.24) is 9.55 Å². The molecule has 1 aromatic carbocycles. The molecular formula is C15H13Br2N3S. The van der Waals surface area contributed by atoms with Crippen LogP contribution in [-0.2, 0) is 7.05 Å². The number of aryl methyl sites for hydroxylation is 1. The summed E-state index contributed by atoms with van der Waals surface area (Å²) in [6.07, 6.45) is 3.79. The highest BCUT2D eigenvalue weighted by Gasteiger charge is 2.20. The lowest BCUT2D eigenvalue weighted by Gasteiger charge is -2.19. The maximum atomic E-state index is 4.50. The van der Waals surface area contributed by atoms with Crippen LogP contribution in [-0.4, -0.2) is 9.55 Å². The van der Waals surface area contributed by atoms with Crippen LogP contribution in [0.15, 0.2) is 57.1 Å². The summed E-state index contributed by atoms with van der Waals surface area (Å²) in [5.41, 5.74) is 1.03. The predicted molar refractivity (Wildman–Crippen MR) is 94.8 cm³/mol. The Morgan fingerprint density at radius 1 is 1.29 bits per heavy atom. The van der Waals surface area contributed by atoms with E-state index in [1.165, 1.54) is 4.88 Å². The van der Waals surface area contributed by atoms with E-state index >= 15 is 0 Å². The number of nitrogens with one attached hydrogen (secondary N) is 1. The minimum Gasteiger partial charge on any atom is -0.370 e. The molecule has 0 aliphatic carbocycles. The van der Waals surface area contributed by atoms with Gasteiger partial charge in [-0.25, -0.2) is 4.98 Å². The molecule has 2 heterocycles. The molecule has 1 atom stereocenters. The summed E-state index contributed by atoms with van der Waals surface area (Å²) in [6.45, 7) is 0. The van der Waals surface area contributed by atoms with Crippen LogP contribution in [0.25, 0.3) is 0 Å². The molecule has 0 aliphatic heterocycles. The van der Waals surface area contributed by atoms with Gasteiger partial charge in [0.2, 0.25) is 0 Å². The Bertz CT molecular complexity index is 737. The quantitative estimate of drug-likeness (QED) is 0.620. The molecule has 0 saturated carbocycles. The molecule has 0 bridgehead atoms. The van der Waals surface area contributed by atoms with Gasteiger partial charge < -0.3 is 9.88 Å². The van der Waals surface area contributed by atoms with Crippen LogP contribution in [0.1, 0.15) is 16.7 Å². The van der Waals surface area contributed by atoms with Crippen LogP contribution in [0.3, 0.4) is 0 Å². The molecule has 0 fully saturated rings. The zero-order chi connectivity index (χ0) is 14.8. The number of thiophene rings is 1. The molecule has 3 aromatic rings. The highest BCUT2D eigenvalue weighted by Crippen LogP contribution is 2.33. The van der Waals surface area contributed by atoms with E-state index in [0.717, 1.165) is 20.5 Å². The normalized spacial score (nSPS) is 12.3. The Kier molecular flexibility index (Phi) is 4.47. The van der Waals surface area contributed by atoms with Crippen molar-refractivity contribution in [3.8, 4) is 0 Å². The second kappa shape index (κ2) is 6.34. The predicted octanol–water partition coefficient (Wildman–Crippen LogP) is 5.21. The number of hydrogen-bond acceptors (Lipinski definition) is 3. The molecule has 21 heavy (non-hydrogen) atoms. The summed E-state index contributed by atoms with van der Waals surface area (Å²) in [6, 6.07) is 10.3. The Morgan fingerprint density at radius 2 is 2.14 bits per heavy atom. The second-order valence-electron chi connectivity index (χ2n) is 4.61. The maximum absolute atomic E-state index is 4.50. The zero-order valence-electron chi connectivity index (χ0n) is 11.3. The van der Waals surface area contributed by atoms with Crippen molar-refractivity contribution >= 4 is 48.9 Å². The first-order chi connectivity index (χ1) is 10.1. The highest BCUT2D eigenvalue weighted by atomic mass is 79.9. The van der Waals surface area contributed by atoms with Crippen molar-refractivity contribution in [2.75, 3.05) is 5.32 Å². The lowest BCUT2D eigenvalue weighted by molar-refractivity contribution is 0.756. The first-order valence-corrected chi connectivity index (χ1v) is 8.84. The number of anilines is 1. The molecule has 3 rings (SSSR count). The molecule has 1 N–H and O–H groups in total. The Balaban J connectivity index is 2.01. The number of benzene rings is 1. The SMILES string of the molecule is Cn1ccnc1C(Nc1cc(Br)ccc1Br)c1cccs1. The van der Waals surface area contributed by atoms with Crippen LogP contribution in [0, 0.1) is 0 Å². The first-order valence-electron chi connectivity index (χ1n) is 6.37. The van der Waals surface area contributed by atoms with Crippen LogP contribution in [0.5, 0.6) is 0 Å². The van der Waals surface area contributed by atoms with Gasteiger partial charge >= 0.3 is 0 Å². The van der Waals surface area contributed by atoms with E-state index in [9.17, 15) is 0 Å². The average molecular weight is 427 g/mol. The number of halogens is 2. The first kappa shape index (κ1) is 14.8. The number of hydrogen-bond donors (Lipinski definition) is 1. The summed E-state index contributed by atoms with van der Waals surface area (Å²) in [4.78, 5) is 5.73. The summed E-state index contributed by atoms with van der Waals surface area (Å²) >= 11 is 8.84. The molecule has 108 valence electrons. The Morgan fingerprint density at radius 3 is 2.81 bits per heavy atom. The minimum atomic E-state index is 0.0237. The zero-order valence-corrected chi connectivity index (χ0v) is 15.2. The third-order valence-electron chi connectivity index (χ3n) is 3.17. The fourth-order valence-electron chi connectivity index (χ4n) is 2.14. The number of imidazole rings is 1. The van der Waals surface area contributed by atoms with Gasteiger partial charge in [0.15, 0.2) is 0 Å².